The first kappa shape index (κ1) is 12.1. The molecule has 1 aromatic carbocycles. The zero-order valence-electron chi connectivity index (χ0n) is 9.27. The third-order valence-electron chi connectivity index (χ3n) is 1.91. The molecule has 16 heavy (non-hydrogen) atoms. The maximum Gasteiger partial charge on any atom is 0.328 e. The molecule has 0 amide bonds. The Morgan fingerprint density at radius 3 is 2.81 bits per heavy atom. The van der Waals surface area contributed by atoms with E-state index in [4.69, 9.17) is 14.6 Å². The van der Waals surface area contributed by atoms with Gasteiger partial charge in [0.25, 0.3) is 0 Å². The number of ether oxygens (including phenoxy) is 2. The van der Waals surface area contributed by atoms with Crippen molar-refractivity contribution >= 4 is 5.97 Å². The Hall–Kier alpha value is -1.97. The Labute approximate surface area is 94.1 Å². The van der Waals surface area contributed by atoms with Crippen LogP contribution in [0.15, 0.2) is 30.4 Å². The van der Waals surface area contributed by atoms with Crippen LogP contribution in [0.5, 0.6) is 11.5 Å². The monoisotopic (exact) mass is 222 g/mol. The van der Waals surface area contributed by atoms with Gasteiger partial charge in [0.15, 0.2) is 11.5 Å². The molecule has 0 aliphatic carbocycles. The SMILES string of the molecule is COc1cc(C)ccc1OCC=CC(=O)O. The first-order valence-electron chi connectivity index (χ1n) is 4.80. The number of aliphatic carboxylic acids is 1. The molecule has 0 atom stereocenters. The summed E-state index contributed by atoms with van der Waals surface area (Å²) in [5.74, 6) is 0.256. The van der Waals surface area contributed by atoms with E-state index in [1.54, 1.807) is 13.2 Å². The van der Waals surface area contributed by atoms with Gasteiger partial charge < -0.3 is 14.6 Å². The highest BCUT2D eigenvalue weighted by Gasteiger charge is 2.02. The molecule has 4 heteroatoms. The second kappa shape index (κ2) is 5.80. The summed E-state index contributed by atoms with van der Waals surface area (Å²) in [6.45, 7) is 2.16. The lowest BCUT2D eigenvalue weighted by Gasteiger charge is -2.09. The fraction of sp³-hybridized carbons (Fsp3) is 0.250. The summed E-state index contributed by atoms with van der Waals surface area (Å²) in [6.07, 6.45) is 2.47. The Kier molecular flexibility index (Phi) is 4.39. The van der Waals surface area contributed by atoms with Gasteiger partial charge >= 0.3 is 5.97 Å². The number of methoxy groups -OCH3 is 1. The van der Waals surface area contributed by atoms with Crippen LogP contribution in [0, 0.1) is 6.92 Å². The fourth-order valence-electron chi connectivity index (χ4n) is 1.18. The Morgan fingerprint density at radius 1 is 1.44 bits per heavy atom. The van der Waals surface area contributed by atoms with Gasteiger partial charge in [-0.15, -0.1) is 0 Å². The van der Waals surface area contributed by atoms with E-state index in [9.17, 15) is 4.79 Å². The van der Waals surface area contributed by atoms with Gasteiger partial charge in [-0.3, -0.25) is 0 Å². The number of carboxylic acid groups (broad SMARTS) is 1. The molecule has 0 bridgehead atoms. The van der Waals surface area contributed by atoms with Crippen molar-refractivity contribution in [2.75, 3.05) is 13.7 Å². The summed E-state index contributed by atoms with van der Waals surface area (Å²) in [4.78, 5) is 10.2. The number of rotatable bonds is 5. The quantitative estimate of drug-likeness (QED) is 0.774. The molecule has 86 valence electrons. The van der Waals surface area contributed by atoms with Crippen LogP contribution in [0.1, 0.15) is 5.56 Å². The molecular weight excluding hydrogens is 208 g/mol. The van der Waals surface area contributed by atoms with Gasteiger partial charge in [0, 0.05) is 6.08 Å². The van der Waals surface area contributed by atoms with Crippen molar-refractivity contribution in [3.63, 3.8) is 0 Å². The number of aryl methyl sites for hydroxylation is 1. The van der Waals surface area contributed by atoms with E-state index in [-0.39, 0.29) is 6.61 Å². The normalized spacial score (nSPS) is 10.4. The second-order valence-corrected chi connectivity index (χ2v) is 3.21. The van der Waals surface area contributed by atoms with Crippen LogP contribution in [-0.4, -0.2) is 24.8 Å². The Bertz CT molecular complexity index is 396. The Morgan fingerprint density at radius 2 is 2.19 bits per heavy atom. The Balaban J connectivity index is 2.63. The molecule has 4 nitrogen and oxygen atoms in total. The number of carbonyl (C=O) groups is 1. The van der Waals surface area contributed by atoms with Gasteiger partial charge in [-0.2, -0.15) is 0 Å². The molecule has 0 spiro atoms. The zero-order valence-corrected chi connectivity index (χ0v) is 9.27. The first-order chi connectivity index (χ1) is 7.63. The summed E-state index contributed by atoms with van der Waals surface area (Å²) >= 11 is 0. The molecule has 0 fully saturated rings. The molecule has 0 radical (unpaired) electrons. The second-order valence-electron chi connectivity index (χ2n) is 3.21. The highest BCUT2D eigenvalue weighted by molar-refractivity contribution is 5.79. The van der Waals surface area contributed by atoms with E-state index in [1.807, 2.05) is 19.1 Å². The summed E-state index contributed by atoms with van der Waals surface area (Å²) in [7, 11) is 1.56. The molecule has 0 aliphatic heterocycles. The fourth-order valence-corrected chi connectivity index (χ4v) is 1.18. The summed E-state index contributed by atoms with van der Waals surface area (Å²) < 4.78 is 10.5. The first-order valence-corrected chi connectivity index (χ1v) is 4.80. The standard InChI is InChI=1S/C12H14O4/c1-9-5-6-10(11(8-9)15-2)16-7-3-4-12(13)14/h3-6,8H,7H2,1-2H3,(H,13,14). The van der Waals surface area contributed by atoms with E-state index >= 15 is 0 Å². The van der Waals surface area contributed by atoms with Gasteiger partial charge in [0.1, 0.15) is 6.61 Å². The highest BCUT2D eigenvalue weighted by Crippen LogP contribution is 2.27. The average Bonchev–Trinajstić information content (AvgIpc) is 2.25. The lowest BCUT2D eigenvalue weighted by atomic mass is 10.2. The van der Waals surface area contributed by atoms with Crippen molar-refractivity contribution in [1.82, 2.24) is 0 Å². The minimum Gasteiger partial charge on any atom is -0.493 e. The van der Waals surface area contributed by atoms with Crippen molar-refractivity contribution in [2.24, 2.45) is 0 Å². The predicted octanol–water partition coefficient (Wildman–Crippen LogP) is 2.02. The lowest BCUT2D eigenvalue weighted by Crippen LogP contribution is -1.98. The number of benzene rings is 1. The van der Waals surface area contributed by atoms with Crippen molar-refractivity contribution in [3.8, 4) is 11.5 Å². The van der Waals surface area contributed by atoms with Gasteiger partial charge in [-0.1, -0.05) is 6.07 Å². The van der Waals surface area contributed by atoms with Crippen LogP contribution < -0.4 is 9.47 Å². The largest absolute Gasteiger partial charge is 0.493 e. The molecule has 1 aromatic rings. The van der Waals surface area contributed by atoms with E-state index < -0.39 is 5.97 Å². The van der Waals surface area contributed by atoms with Crippen LogP contribution in [0.4, 0.5) is 0 Å². The van der Waals surface area contributed by atoms with Crippen LogP contribution in [0.25, 0.3) is 0 Å². The lowest BCUT2D eigenvalue weighted by molar-refractivity contribution is -0.131. The smallest absolute Gasteiger partial charge is 0.328 e. The van der Waals surface area contributed by atoms with Gasteiger partial charge in [-0.05, 0) is 30.7 Å². The topological polar surface area (TPSA) is 55.8 Å². The van der Waals surface area contributed by atoms with Gasteiger partial charge in [0.2, 0.25) is 0 Å². The molecular formula is C12H14O4. The molecule has 0 unspecified atom stereocenters. The minimum absolute atomic E-state index is 0.200. The van der Waals surface area contributed by atoms with Gasteiger partial charge in [0.05, 0.1) is 7.11 Å². The molecule has 0 saturated heterocycles. The van der Waals surface area contributed by atoms with E-state index in [0.717, 1.165) is 11.6 Å². The molecule has 0 aromatic heterocycles. The van der Waals surface area contributed by atoms with Gasteiger partial charge in [-0.25, -0.2) is 4.79 Å². The van der Waals surface area contributed by atoms with E-state index in [0.29, 0.717) is 11.5 Å². The van der Waals surface area contributed by atoms with Crippen molar-refractivity contribution < 1.29 is 19.4 Å². The van der Waals surface area contributed by atoms with Crippen LogP contribution in [-0.2, 0) is 4.79 Å². The maximum absolute atomic E-state index is 10.2. The summed E-state index contributed by atoms with van der Waals surface area (Å²) in [5.41, 5.74) is 1.07. The molecule has 1 rings (SSSR count). The average molecular weight is 222 g/mol. The molecule has 0 aliphatic rings. The zero-order chi connectivity index (χ0) is 12.0. The van der Waals surface area contributed by atoms with Crippen molar-refractivity contribution in [3.05, 3.63) is 35.9 Å². The van der Waals surface area contributed by atoms with Crippen LogP contribution >= 0.6 is 0 Å². The third-order valence-corrected chi connectivity index (χ3v) is 1.91. The van der Waals surface area contributed by atoms with Crippen LogP contribution in [0.2, 0.25) is 0 Å². The molecule has 1 N–H and O–H groups in total. The minimum atomic E-state index is -0.987. The predicted molar refractivity (Wildman–Crippen MR) is 60.0 cm³/mol. The van der Waals surface area contributed by atoms with E-state index in [1.165, 1.54) is 6.08 Å². The molecule has 0 saturated carbocycles. The van der Waals surface area contributed by atoms with Crippen molar-refractivity contribution in [1.29, 1.82) is 0 Å². The number of carboxylic acids is 1. The van der Waals surface area contributed by atoms with E-state index in [2.05, 4.69) is 0 Å². The summed E-state index contributed by atoms with van der Waals surface area (Å²) in [5, 5.41) is 8.38. The maximum atomic E-state index is 10.2. The molecule has 0 heterocycles. The number of hydrogen-bond acceptors (Lipinski definition) is 3. The highest BCUT2D eigenvalue weighted by atomic mass is 16.5. The third kappa shape index (κ3) is 3.65. The number of hydrogen-bond donors (Lipinski definition) is 1. The summed E-state index contributed by atoms with van der Waals surface area (Å²) in [6, 6.07) is 5.55. The van der Waals surface area contributed by atoms with Crippen molar-refractivity contribution in [2.45, 2.75) is 6.92 Å². The van der Waals surface area contributed by atoms with Crippen LogP contribution in [0.3, 0.4) is 0 Å².